The Labute approximate surface area is 610 Å². The second kappa shape index (κ2) is 43.4. The summed E-state index contributed by atoms with van der Waals surface area (Å²) in [5.41, 5.74) is 16.4. The molecule has 3 aromatic rings. The van der Waals surface area contributed by atoms with Gasteiger partial charge < -0.3 is 24.8 Å². The number of carbonyl (C=O) groups excluding carboxylic acids is 6. The lowest BCUT2D eigenvalue weighted by Gasteiger charge is -2.33. The molecule has 546 valence electrons. The third kappa shape index (κ3) is 32.9. The van der Waals surface area contributed by atoms with Gasteiger partial charge in [0.1, 0.15) is 6.61 Å². The molecule has 14 heteroatoms. The summed E-state index contributed by atoms with van der Waals surface area (Å²) >= 11 is 0. The van der Waals surface area contributed by atoms with Gasteiger partial charge >= 0.3 is 17.9 Å². The van der Waals surface area contributed by atoms with E-state index in [0.717, 1.165) is 27.9 Å². The van der Waals surface area contributed by atoms with Crippen molar-refractivity contribution >= 4 is 35.5 Å². The first-order valence-electron chi connectivity index (χ1n) is 35.8. The summed E-state index contributed by atoms with van der Waals surface area (Å²) in [7, 11) is 0. The largest absolute Gasteiger partial charge is 0.462 e. The first-order chi connectivity index (χ1) is 48.3. The summed E-state index contributed by atoms with van der Waals surface area (Å²) in [4.78, 5) is 84.1. The van der Waals surface area contributed by atoms with E-state index >= 15 is 0 Å². The van der Waals surface area contributed by atoms with Crippen molar-refractivity contribution in [1.82, 2.24) is 25.6 Å². The number of ether oxygens (including phenoxy) is 3. The van der Waals surface area contributed by atoms with Crippen molar-refractivity contribution in [2.24, 2.45) is 21.7 Å². The van der Waals surface area contributed by atoms with Crippen LogP contribution in [0.4, 0.5) is 0 Å². The van der Waals surface area contributed by atoms with Crippen LogP contribution in [0.2, 0.25) is 0 Å². The lowest BCUT2D eigenvalue weighted by atomic mass is 9.72. The highest BCUT2D eigenvalue weighted by Gasteiger charge is 2.29. The minimum atomic E-state index is -0.516. The van der Waals surface area contributed by atoms with Gasteiger partial charge in [0.25, 0.3) is 11.8 Å². The van der Waals surface area contributed by atoms with Crippen molar-refractivity contribution < 1.29 is 43.0 Å². The number of aromatic nitrogens is 3. The molecule has 0 aliphatic heterocycles. The number of pyridine rings is 3. The third-order valence-corrected chi connectivity index (χ3v) is 17.9. The Morgan fingerprint density at radius 3 is 1.22 bits per heavy atom. The second-order valence-corrected chi connectivity index (χ2v) is 29.6. The molecule has 0 bridgehead atoms. The van der Waals surface area contributed by atoms with Gasteiger partial charge in [-0.15, -0.1) is 0 Å². The summed E-state index contributed by atoms with van der Waals surface area (Å²) in [6, 6.07) is 10.1. The van der Waals surface area contributed by atoms with Gasteiger partial charge in [-0.2, -0.15) is 0 Å². The summed E-state index contributed by atoms with van der Waals surface area (Å²) in [6.07, 6.45) is 56.9. The number of ketones is 1. The molecular weight excluding hydrogens is 1270 g/mol. The highest BCUT2D eigenvalue weighted by Crippen LogP contribution is 2.43. The molecule has 0 saturated heterocycles. The second-order valence-electron chi connectivity index (χ2n) is 29.6. The van der Waals surface area contributed by atoms with Crippen molar-refractivity contribution in [1.29, 1.82) is 0 Å². The van der Waals surface area contributed by atoms with E-state index < -0.39 is 23.3 Å². The number of amides is 2. The molecule has 3 aliphatic rings. The fourth-order valence-electron chi connectivity index (χ4n) is 11.9. The first kappa shape index (κ1) is 85.0. The van der Waals surface area contributed by atoms with E-state index in [4.69, 9.17) is 14.2 Å². The van der Waals surface area contributed by atoms with Crippen LogP contribution in [0.25, 0.3) is 0 Å². The SMILES string of the molecule is CC1=C(/C=C/C(C)=C/C=C/C(C)=C/C(=O)CCCNC(=O)c2cccnc2)C(C)(C)CCC1.CC1=C(/C=C/C(C)=C/C=C/C(C)=C/C(=O)OCC(C)(C)COC(=O)c2cccnc2)C(C)(C)CCC1.CC1=C(/C=C/C(C)=C/C=C/C(C)=C/C(=O)OCCNC(=O)c2cccnc2)C(C)(C)CCC1. The highest BCUT2D eigenvalue weighted by atomic mass is 16.5. The molecule has 0 atom stereocenters. The van der Waals surface area contributed by atoms with Crippen LogP contribution in [0.5, 0.6) is 0 Å². The summed E-state index contributed by atoms with van der Waals surface area (Å²) in [6.45, 7) is 37.3. The third-order valence-electron chi connectivity index (χ3n) is 17.9. The van der Waals surface area contributed by atoms with E-state index in [9.17, 15) is 28.8 Å². The Morgan fingerprint density at radius 1 is 0.471 bits per heavy atom. The number of hydrogen-bond donors (Lipinski definition) is 2. The van der Waals surface area contributed by atoms with Gasteiger partial charge in [0.05, 0.1) is 36.4 Å². The molecule has 3 aromatic heterocycles. The predicted molar refractivity (Wildman–Crippen MR) is 416 cm³/mol. The Bertz CT molecular complexity index is 3650. The van der Waals surface area contributed by atoms with E-state index in [2.05, 4.69) is 151 Å². The maximum atomic E-state index is 12.2. The van der Waals surface area contributed by atoms with Crippen LogP contribution in [-0.4, -0.2) is 83.4 Å². The van der Waals surface area contributed by atoms with Gasteiger partial charge in [0.2, 0.25) is 0 Å². The number of carbonyl (C=O) groups is 6. The average molecular weight is 1390 g/mol. The number of nitrogens with one attached hydrogen (secondary N) is 2. The van der Waals surface area contributed by atoms with Crippen molar-refractivity contribution in [3.63, 3.8) is 0 Å². The molecule has 3 heterocycles. The average Bonchev–Trinajstić information content (AvgIpc) is 0.832. The van der Waals surface area contributed by atoms with E-state index in [1.807, 2.05) is 83.2 Å². The molecule has 2 amide bonds. The lowest BCUT2D eigenvalue weighted by Crippen LogP contribution is -2.28. The summed E-state index contributed by atoms with van der Waals surface area (Å²) in [5.74, 6) is -1.66. The number of esters is 3. The molecule has 3 aliphatic carbocycles. The van der Waals surface area contributed by atoms with E-state index in [-0.39, 0.29) is 60.2 Å². The van der Waals surface area contributed by atoms with Gasteiger partial charge in [-0.3, -0.25) is 29.3 Å². The van der Waals surface area contributed by atoms with Gasteiger partial charge in [-0.05, 0) is 219 Å². The van der Waals surface area contributed by atoms with Crippen molar-refractivity contribution in [3.8, 4) is 0 Å². The van der Waals surface area contributed by atoms with Crippen LogP contribution in [0.3, 0.4) is 0 Å². The molecule has 6 rings (SSSR count). The van der Waals surface area contributed by atoms with E-state index in [1.54, 1.807) is 61.1 Å². The number of hydrogen-bond acceptors (Lipinski definition) is 12. The zero-order valence-electron chi connectivity index (χ0n) is 64.2. The number of rotatable bonds is 29. The predicted octanol–water partition coefficient (Wildman–Crippen LogP) is 19.9. The van der Waals surface area contributed by atoms with Crippen LogP contribution < -0.4 is 10.6 Å². The fraction of sp³-hybridized carbons (Fsp3) is 0.420. The van der Waals surface area contributed by atoms with E-state index in [0.29, 0.717) is 36.1 Å². The van der Waals surface area contributed by atoms with E-state index in [1.165, 1.54) is 128 Å². The summed E-state index contributed by atoms with van der Waals surface area (Å²) < 4.78 is 15.9. The number of allylic oxidation sites excluding steroid dienone is 28. The molecular formula is C88H115N5O9. The van der Waals surface area contributed by atoms with Crippen molar-refractivity contribution in [2.45, 2.75) is 188 Å². The molecule has 102 heavy (non-hydrogen) atoms. The van der Waals surface area contributed by atoms with Crippen LogP contribution in [-0.2, 0) is 28.6 Å². The minimum Gasteiger partial charge on any atom is -0.462 e. The fourth-order valence-corrected chi connectivity index (χ4v) is 11.9. The minimum absolute atomic E-state index is 0.0651. The topological polar surface area (TPSA) is 193 Å². The van der Waals surface area contributed by atoms with Crippen LogP contribution >= 0.6 is 0 Å². The summed E-state index contributed by atoms with van der Waals surface area (Å²) in [5, 5.41) is 5.50. The van der Waals surface area contributed by atoms with Crippen molar-refractivity contribution in [2.75, 3.05) is 32.9 Å². The number of nitrogens with zero attached hydrogens (tertiary/aromatic N) is 3. The quantitative estimate of drug-likeness (QED) is 0.0220. The van der Waals surface area contributed by atoms with Gasteiger partial charge in [-0.1, -0.05) is 180 Å². The molecule has 0 spiro atoms. The standard InChI is InChI=1S/C31H41NO4.C29H38N2O2.C28H36N2O3/c1-23(15-16-27-25(3)13-9-17-31(27,6)7)11-8-12-24(2)19-28(33)35-21-30(4,5)22-36-29(34)26-14-10-18-32-20-26;1-22(15-16-27-24(3)12-7-17-29(27,4)5)10-6-11-23(2)20-26(32)14-9-19-31-28(33)25-13-8-18-30-21-25;1-21(13-14-25-23(3)11-7-15-28(25,4)5)9-6-10-22(2)19-26(31)33-18-17-30-27(32)24-12-8-16-29-20-24/h8,10-12,14-16,18-20H,9,13,17,21-22H2,1-7H3;6,8,10-11,13,15-16,18,20-21H,7,9,12,14,17,19H2,1-5H3,(H,31,33);6,8-10,12-14,16,19-20H,7,11,15,17-18H2,1-5H3,(H,30,32)/b12-8+,16-15+,23-11+,24-19+;11-6+,16-15+,22-10+,23-20+;10-6+,14-13+,21-9+,22-19+. The normalized spacial score (nSPS) is 17.1. The Balaban J connectivity index is 0.000000325. The highest BCUT2D eigenvalue weighted by molar-refractivity contribution is 5.94. The Hall–Kier alpha value is -9.43. The van der Waals surface area contributed by atoms with Crippen LogP contribution in [0.15, 0.2) is 250 Å². The molecule has 0 fully saturated rings. The Morgan fingerprint density at radius 2 is 0.833 bits per heavy atom. The molecule has 0 radical (unpaired) electrons. The zero-order valence-corrected chi connectivity index (χ0v) is 64.2. The molecule has 2 N–H and O–H groups in total. The van der Waals surface area contributed by atoms with Gasteiger partial charge in [-0.25, -0.2) is 14.4 Å². The van der Waals surface area contributed by atoms with Crippen LogP contribution in [0, 0.1) is 21.7 Å². The zero-order chi connectivity index (χ0) is 75.3. The van der Waals surface area contributed by atoms with Crippen LogP contribution in [0.1, 0.15) is 219 Å². The maximum Gasteiger partial charge on any atom is 0.339 e. The maximum absolute atomic E-state index is 12.2. The molecule has 0 saturated carbocycles. The lowest BCUT2D eigenvalue weighted by molar-refractivity contribution is -0.141. The molecule has 14 nitrogen and oxygen atoms in total. The van der Waals surface area contributed by atoms with Crippen molar-refractivity contribution in [3.05, 3.63) is 267 Å². The van der Waals surface area contributed by atoms with Gasteiger partial charge in [0.15, 0.2) is 5.78 Å². The monoisotopic (exact) mass is 1390 g/mol. The smallest absolute Gasteiger partial charge is 0.339 e. The first-order valence-corrected chi connectivity index (χ1v) is 35.8. The molecule has 0 aromatic carbocycles. The van der Waals surface area contributed by atoms with Gasteiger partial charge in [0, 0.05) is 67.7 Å². The Kier molecular flexibility index (Phi) is 36.2. The molecule has 0 unspecified atom stereocenters.